The summed E-state index contributed by atoms with van der Waals surface area (Å²) in [6.07, 6.45) is 5.32. The minimum absolute atomic E-state index is 0. The predicted molar refractivity (Wildman–Crippen MR) is 385 cm³/mol. The first-order chi connectivity index (χ1) is 47.0. The maximum absolute atomic E-state index is 13.8. The standard InChI is InChI=1S/C33H37N4O12S3.C18H9Cl3O8S3.C8H15NO.C5H10O2.CH4.3Na.H2O/c1-20(2)33(42)34-13-7-16-37-50(43,44)27-18-26(49-21(3)39)22-9-10-24-28(52(47,48)36-15-6-8-30(40)41)19-29(51(45,46)35-14-4-5-17-38)25-12-11-23(27)31(22)32(24)25;1-8(22)29-13-6-14(30(19,23)24)10-4-5-12-16(32(21,27)28)7-15(31(20,25)26)11-3-2-9(13)17(10)18(11)12;1-4-5-6-9-8(10)7(2)3;1-2-3-4-5(6)7;;;;;/h9-12,18-19,35-37H,1,4-8,13-16H2,2-3H3,(H,34,42)(H,40,41);2-7H,1H3;2,4-6H2,1,3H3,(H,9,10);2-4H2,1H3,(H,6,7);1H4;;;;1H2/q-1;;;;;3*+1;/p-3. The van der Waals surface area contributed by atoms with E-state index in [1.807, 2.05) is 6.92 Å². The molecule has 8 aromatic rings. The Morgan fingerprint density at radius 1 is 0.425 bits per heavy atom. The van der Waals surface area contributed by atoms with Gasteiger partial charge in [-0.05, 0) is 76.6 Å². The number of carboxylic acids is 2. The number of carbonyl (C=O) groups is 6. The number of carboxylic acid groups (broad SMARTS) is 2. The van der Waals surface area contributed by atoms with E-state index in [2.05, 4.69) is 44.9 Å². The van der Waals surface area contributed by atoms with Crippen LogP contribution in [0.25, 0.3) is 64.6 Å². The number of ether oxygens (including phenoxy) is 2. The molecular weight excluding hydrogens is 1600 g/mol. The molecule has 564 valence electrons. The Hall–Kier alpha value is -4.78. The third-order valence-corrected chi connectivity index (χ3v) is 23.1. The minimum atomic E-state index is -4.55. The number of rotatable bonds is 31. The van der Waals surface area contributed by atoms with E-state index in [0.717, 1.165) is 70.3 Å². The van der Waals surface area contributed by atoms with Gasteiger partial charge in [0.05, 0.1) is 29.4 Å². The van der Waals surface area contributed by atoms with E-state index in [1.165, 1.54) is 55.5 Å². The number of halogens is 3. The molecule has 8 aromatic carbocycles. The Bertz CT molecular complexity index is 5260. The van der Waals surface area contributed by atoms with E-state index in [1.54, 1.807) is 13.2 Å². The second-order valence-electron chi connectivity index (χ2n) is 22.3. The quantitative estimate of drug-likeness (QED) is 0.00459. The second kappa shape index (κ2) is 43.7. The van der Waals surface area contributed by atoms with Gasteiger partial charge in [-0.2, -0.15) is 6.42 Å². The molecule has 8 rings (SSSR count). The fraction of sp³-hybridized carbons (Fsp3) is 0.338. The van der Waals surface area contributed by atoms with Gasteiger partial charge in [0.25, 0.3) is 27.2 Å². The third kappa shape index (κ3) is 27.0. The van der Waals surface area contributed by atoms with Gasteiger partial charge in [0, 0.05) is 178 Å². The van der Waals surface area contributed by atoms with Crippen LogP contribution in [-0.2, 0) is 90.8 Å². The number of benzene rings is 8. The van der Waals surface area contributed by atoms with Gasteiger partial charge in [0.1, 0.15) is 11.5 Å². The molecule has 6 N–H and O–H groups in total. The first-order valence-electron chi connectivity index (χ1n) is 30.4. The van der Waals surface area contributed by atoms with Crippen LogP contribution >= 0.6 is 32.0 Å². The fourth-order valence-electron chi connectivity index (χ4n) is 10.0. The summed E-state index contributed by atoms with van der Waals surface area (Å²) < 4.78 is 174. The maximum Gasteiger partial charge on any atom is 1.00 e. The topological polar surface area (TPSA) is 479 Å². The number of nitrogens with one attached hydrogen (secondary N) is 5. The Morgan fingerprint density at radius 2 is 0.698 bits per heavy atom. The number of carbonyl (C=O) groups excluding carboxylic acids is 7. The molecule has 0 aliphatic heterocycles. The average molecular weight is 1680 g/mol. The maximum atomic E-state index is 13.8. The van der Waals surface area contributed by atoms with Crippen LogP contribution in [0.1, 0.15) is 113 Å². The molecule has 0 saturated heterocycles. The molecular formula is C65H74Cl3N5Na3O24S6-. The van der Waals surface area contributed by atoms with Crippen molar-refractivity contribution in [1.82, 2.24) is 24.8 Å². The Kier molecular flexibility index (Phi) is 41.8. The zero-order chi connectivity index (χ0) is 75.9. The third-order valence-electron chi connectivity index (χ3n) is 14.5. The molecule has 0 saturated carbocycles. The van der Waals surface area contributed by atoms with Crippen molar-refractivity contribution in [2.45, 2.75) is 143 Å². The number of hydrogen-bond acceptors (Lipinski definition) is 24. The average Bonchev–Trinajstić information content (AvgIpc) is 0.712. The van der Waals surface area contributed by atoms with Crippen molar-refractivity contribution >= 4 is 196 Å². The van der Waals surface area contributed by atoms with E-state index in [-0.39, 0.29) is 252 Å². The van der Waals surface area contributed by atoms with Gasteiger partial charge < -0.3 is 50.2 Å². The number of amides is 2. The number of unbranched alkanes of at least 4 members (excludes halogenated alkanes) is 3. The molecule has 2 amide bonds. The number of aliphatic carboxylic acids is 2. The van der Waals surface area contributed by atoms with Crippen LogP contribution < -0.4 is 133 Å². The number of esters is 2. The van der Waals surface area contributed by atoms with Gasteiger partial charge in [-0.1, -0.05) is 90.1 Å². The Morgan fingerprint density at radius 3 is 1.01 bits per heavy atom. The molecule has 0 fully saturated rings. The molecule has 0 atom stereocenters. The van der Waals surface area contributed by atoms with Crippen molar-refractivity contribution in [3.63, 3.8) is 0 Å². The molecule has 0 aliphatic carbocycles. The van der Waals surface area contributed by atoms with Crippen molar-refractivity contribution in [1.29, 1.82) is 0 Å². The van der Waals surface area contributed by atoms with Crippen LogP contribution in [0.15, 0.2) is 126 Å². The molecule has 106 heavy (non-hydrogen) atoms. The summed E-state index contributed by atoms with van der Waals surface area (Å²) in [7, 11) is -10.0. The molecule has 0 bridgehead atoms. The van der Waals surface area contributed by atoms with Crippen LogP contribution in [0.2, 0.25) is 0 Å². The molecule has 0 spiro atoms. The summed E-state index contributed by atoms with van der Waals surface area (Å²) in [5.74, 6) is -4.71. The van der Waals surface area contributed by atoms with Gasteiger partial charge in [-0.25, -0.2) is 64.7 Å². The zero-order valence-electron chi connectivity index (χ0n) is 58.4. The largest absolute Gasteiger partial charge is 1.00 e. The first kappa shape index (κ1) is 101. The van der Waals surface area contributed by atoms with Crippen molar-refractivity contribution in [3.8, 4) is 11.5 Å². The van der Waals surface area contributed by atoms with Crippen LogP contribution in [0, 0.1) is 0 Å². The van der Waals surface area contributed by atoms with E-state index in [4.69, 9.17) is 41.5 Å². The number of sulfonamides is 3. The number of hydrogen-bond donors (Lipinski definition) is 5. The second-order valence-corrected chi connectivity index (χ2v) is 35.1. The van der Waals surface area contributed by atoms with E-state index >= 15 is 0 Å². The minimum Gasteiger partial charge on any atom is -0.870 e. The van der Waals surface area contributed by atoms with Gasteiger partial charge in [0.2, 0.25) is 41.9 Å². The Balaban J connectivity index is 0.00000173. The SMILES string of the molecule is C.C=C(C)C(=O)NCCCC.C=C(C)C(=O)NCCCNS(=O)(=O)c1cc(OC(C)=O)c2ccc3c(S(=O)(=O)NCCCC(=O)[O-])cc(S(=O)(=O)NCCC[C-]=O)c4ccc1c2c43.CC(=O)Oc1cc(S(=O)(=O)Cl)c2ccc3c(S(=O)(=O)Cl)cc(S(=O)(=O)Cl)c4ccc1c2c43.CCCCC(=O)[O-].[Na+].[Na+].[Na+].[OH-]. The normalized spacial score (nSPS) is 11.5. The summed E-state index contributed by atoms with van der Waals surface area (Å²) in [5, 5.41) is 26.6. The summed E-state index contributed by atoms with van der Waals surface area (Å²) in [6, 6.07) is 14.7. The summed E-state index contributed by atoms with van der Waals surface area (Å²) in [6.45, 7) is 16.8. The van der Waals surface area contributed by atoms with E-state index in [9.17, 15) is 94.3 Å². The zero-order valence-corrected chi connectivity index (χ0v) is 71.5. The van der Waals surface area contributed by atoms with Crippen LogP contribution in [-0.4, -0.2) is 131 Å². The van der Waals surface area contributed by atoms with Crippen LogP contribution in [0.5, 0.6) is 11.5 Å². The van der Waals surface area contributed by atoms with Gasteiger partial charge in [0.15, 0.2) is 0 Å². The first-order valence-corrected chi connectivity index (χ1v) is 41.7. The molecule has 0 radical (unpaired) electrons. The van der Waals surface area contributed by atoms with Gasteiger partial charge in [-0.15, -0.1) is 0 Å². The van der Waals surface area contributed by atoms with Crippen molar-refractivity contribution in [3.05, 3.63) is 97.1 Å². The van der Waals surface area contributed by atoms with Gasteiger partial charge in [-0.3, -0.25) is 25.5 Å². The summed E-state index contributed by atoms with van der Waals surface area (Å²) in [4.78, 5) is 74.7. The van der Waals surface area contributed by atoms with Crippen LogP contribution in [0.3, 0.4) is 0 Å². The molecule has 0 aromatic heterocycles. The van der Waals surface area contributed by atoms with Crippen LogP contribution in [0.4, 0.5) is 0 Å². The smallest absolute Gasteiger partial charge is 0.870 e. The molecule has 0 heterocycles. The molecule has 0 unspecified atom stereocenters. The van der Waals surface area contributed by atoms with Crippen molar-refractivity contribution in [2.24, 2.45) is 0 Å². The fourth-order valence-corrected chi connectivity index (χ4v) is 17.3. The summed E-state index contributed by atoms with van der Waals surface area (Å²) >= 11 is 0. The Labute approximate surface area is 694 Å². The summed E-state index contributed by atoms with van der Waals surface area (Å²) in [5.41, 5.74) is 0.856. The molecule has 41 heteroatoms. The van der Waals surface area contributed by atoms with E-state index < -0.39 is 118 Å². The molecule has 0 aliphatic rings. The predicted octanol–water partition coefficient (Wildman–Crippen LogP) is -1.99. The van der Waals surface area contributed by atoms with Crippen molar-refractivity contribution < 1.29 is 198 Å². The van der Waals surface area contributed by atoms with Gasteiger partial charge >= 0.3 is 101 Å². The monoisotopic (exact) mass is 1670 g/mol. The molecule has 29 nitrogen and oxygen atoms in total. The van der Waals surface area contributed by atoms with Crippen molar-refractivity contribution in [2.75, 3.05) is 32.7 Å². The van der Waals surface area contributed by atoms with E-state index in [0.29, 0.717) is 5.57 Å².